The van der Waals surface area contributed by atoms with Crippen molar-refractivity contribution >= 4 is 17.1 Å². The fourth-order valence-electron chi connectivity index (χ4n) is 3.66. The van der Waals surface area contributed by atoms with Crippen molar-refractivity contribution in [2.45, 2.75) is 31.8 Å². The van der Waals surface area contributed by atoms with Gasteiger partial charge in [0.1, 0.15) is 11.3 Å². The zero-order valence-corrected chi connectivity index (χ0v) is 16.6. The highest BCUT2D eigenvalue weighted by atomic mass is 16.5. The number of hydrogen-bond donors (Lipinski definition) is 2. The predicted octanol–water partition coefficient (Wildman–Crippen LogP) is 2.57. The molecule has 0 unspecified atom stereocenters. The monoisotopic (exact) mass is 391 g/mol. The van der Waals surface area contributed by atoms with Gasteiger partial charge in [-0.1, -0.05) is 12.1 Å². The van der Waals surface area contributed by atoms with Gasteiger partial charge in [-0.15, -0.1) is 0 Å². The molecule has 0 spiro atoms. The Morgan fingerprint density at radius 1 is 1.31 bits per heavy atom. The van der Waals surface area contributed by atoms with Gasteiger partial charge < -0.3 is 19.9 Å². The van der Waals surface area contributed by atoms with Crippen LogP contribution in [-0.2, 0) is 11.3 Å². The van der Waals surface area contributed by atoms with Gasteiger partial charge in [-0.3, -0.25) is 0 Å². The van der Waals surface area contributed by atoms with E-state index in [9.17, 15) is 5.26 Å². The van der Waals surface area contributed by atoms with Crippen molar-refractivity contribution in [3.8, 4) is 17.5 Å². The molecule has 0 aliphatic carbocycles. The molecule has 1 aromatic carbocycles. The molecule has 3 aromatic rings. The third-order valence-electron chi connectivity index (χ3n) is 5.14. The van der Waals surface area contributed by atoms with Crippen LogP contribution in [0.2, 0.25) is 0 Å². The zero-order chi connectivity index (χ0) is 20.1. The molecule has 1 aliphatic heterocycles. The van der Waals surface area contributed by atoms with Gasteiger partial charge in [0.05, 0.1) is 17.8 Å². The molecule has 150 valence electrons. The fraction of sp³-hybridized carbons (Fsp3) is 0.429. The van der Waals surface area contributed by atoms with E-state index >= 15 is 0 Å². The first kappa shape index (κ1) is 19.3. The highest BCUT2D eigenvalue weighted by molar-refractivity contribution is 5.77. The van der Waals surface area contributed by atoms with Crippen LogP contribution in [0.25, 0.3) is 22.6 Å². The van der Waals surface area contributed by atoms with E-state index in [-0.39, 0.29) is 0 Å². The van der Waals surface area contributed by atoms with Gasteiger partial charge in [-0.05, 0) is 44.5 Å². The number of hydrogen-bond acceptors (Lipinski definition) is 7. The molecule has 0 saturated carbocycles. The second kappa shape index (κ2) is 8.99. The first-order valence-electron chi connectivity index (χ1n) is 9.98. The number of ether oxygens (including phenoxy) is 1. The first-order valence-corrected chi connectivity index (χ1v) is 9.98. The van der Waals surface area contributed by atoms with Crippen LogP contribution < -0.4 is 10.6 Å². The second-order valence-electron chi connectivity index (χ2n) is 7.20. The van der Waals surface area contributed by atoms with Crippen molar-refractivity contribution in [1.82, 2.24) is 24.8 Å². The minimum atomic E-state index is 0.380. The smallest absolute Gasteiger partial charge is 0.224 e. The summed E-state index contributed by atoms with van der Waals surface area (Å²) in [6.07, 6.45) is 4.73. The number of methoxy groups -OCH3 is 1. The maximum absolute atomic E-state index is 9.25. The number of nitrogens with one attached hydrogen (secondary N) is 2. The summed E-state index contributed by atoms with van der Waals surface area (Å²) in [6, 6.07) is 10.1. The van der Waals surface area contributed by atoms with Gasteiger partial charge in [-0.25, -0.2) is 9.97 Å². The molecule has 0 amide bonds. The lowest BCUT2D eigenvalue weighted by Gasteiger charge is -2.23. The molecular weight excluding hydrogens is 366 g/mol. The zero-order valence-electron chi connectivity index (χ0n) is 16.6. The van der Waals surface area contributed by atoms with Crippen LogP contribution in [0, 0.1) is 11.3 Å². The number of anilines is 1. The number of fused-ring (bicyclic) bond motifs is 1. The summed E-state index contributed by atoms with van der Waals surface area (Å²) < 4.78 is 7.33. The van der Waals surface area contributed by atoms with Gasteiger partial charge in [-0.2, -0.15) is 10.2 Å². The molecule has 8 heteroatoms. The summed E-state index contributed by atoms with van der Waals surface area (Å²) in [7, 11) is 1.70. The average Bonchev–Trinajstić information content (AvgIpc) is 3.13. The quantitative estimate of drug-likeness (QED) is 0.597. The molecule has 4 rings (SSSR count). The third kappa shape index (κ3) is 4.36. The summed E-state index contributed by atoms with van der Waals surface area (Å²) in [5.74, 6) is 1.43. The Morgan fingerprint density at radius 2 is 2.17 bits per heavy atom. The van der Waals surface area contributed by atoms with E-state index in [1.54, 1.807) is 19.4 Å². The van der Waals surface area contributed by atoms with Crippen LogP contribution in [0.1, 0.15) is 24.8 Å². The van der Waals surface area contributed by atoms with E-state index in [0.29, 0.717) is 24.2 Å². The Kier molecular flexibility index (Phi) is 5.98. The Labute approximate surface area is 169 Å². The Morgan fingerprint density at radius 3 is 2.97 bits per heavy atom. The molecule has 1 fully saturated rings. The minimum absolute atomic E-state index is 0.380. The molecule has 1 aliphatic rings. The highest BCUT2D eigenvalue weighted by Gasteiger charge is 2.18. The number of rotatable bonds is 7. The summed E-state index contributed by atoms with van der Waals surface area (Å²) in [5.41, 5.74) is 3.05. The van der Waals surface area contributed by atoms with Crippen LogP contribution in [0.3, 0.4) is 0 Å². The van der Waals surface area contributed by atoms with Crippen LogP contribution in [-0.4, -0.2) is 52.4 Å². The van der Waals surface area contributed by atoms with Gasteiger partial charge >= 0.3 is 0 Å². The van der Waals surface area contributed by atoms with Gasteiger partial charge in [0.2, 0.25) is 5.95 Å². The van der Waals surface area contributed by atoms with Crippen molar-refractivity contribution in [3.05, 3.63) is 36.0 Å². The Balaban J connectivity index is 1.72. The van der Waals surface area contributed by atoms with Crippen molar-refractivity contribution in [2.75, 3.05) is 32.1 Å². The molecule has 1 saturated heterocycles. The Bertz CT molecular complexity index is 1020. The van der Waals surface area contributed by atoms with Crippen molar-refractivity contribution in [2.24, 2.45) is 0 Å². The number of aryl methyl sites for hydroxylation is 1. The van der Waals surface area contributed by atoms with Crippen molar-refractivity contribution in [1.29, 1.82) is 5.26 Å². The molecule has 0 atom stereocenters. The van der Waals surface area contributed by atoms with E-state index in [1.807, 2.05) is 18.2 Å². The molecule has 3 heterocycles. The maximum atomic E-state index is 9.25. The molecule has 2 N–H and O–H groups in total. The predicted molar refractivity (Wildman–Crippen MR) is 111 cm³/mol. The van der Waals surface area contributed by atoms with Gasteiger partial charge in [0.25, 0.3) is 0 Å². The lowest BCUT2D eigenvalue weighted by Crippen LogP contribution is -2.35. The molecule has 0 radical (unpaired) electrons. The van der Waals surface area contributed by atoms with Gasteiger partial charge in [0, 0.05) is 31.9 Å². The number of nitriles is 1. The number of nitrogens with zero attached hydrogens (tertiary/aromatic N) is 5. The maximum Gasteiger partial charge on any atom is 0.224 e. The SMILES string of the molecule is COCCCn1c(-c2cccc(C#N)c2)nc2cnc(NC3CCNCC3)nc21. The molecule has 29 heavy (non-hydrogen) atoms. The molecule has 8 nitrogen and oxygen atoms in total. The average molecular weight is 391 g/mol. The standard InChI is InChI=1S/C21H25N7O/c1-29-11-3-10-28-19(16-5-2-4-15(12-16)13-22)26-18-14-24-21(27-20(18)28)25-17-6-8-23-9-7-17/h2,4-5,12,14,17,23H,3,6-11H2,1H3,(H,24,25,27). The summed E-state index contributed by atoms with van der Waals surface area (Å²) in [5, 5.41) is 16.1. The van der Waals surface area contributed by atoms with E-state index in [4.69, 9.17) is 14.7 Å². The van der Waals surface area contributed by atoms with Crippen LogP contribution in [0.15, 0.2) is 30.5 Å². The largest absolute Gasteiger partial charge is 0.385 e. The fourth-order valence-corrected chi connectivity index (χ4v) is 3.66. The minimum Gasteiger partial charge on any atom is -0.385 e. The van der Waals surface area contributed by atoms with Crippen LogP contribution >= 0.6 is 0 Å². The highest BCUT2D eigenvalue weighted by Crippen LogP contribution is 2.25. The van der Waals surface area contributed by atoms with Crippen LogP contribution in [0.4, 0.5) is 5.95 Å². The van der Waals surface area contributed by atoms with E-state index < -0.39 is 0 Å². The summed E-state index contributed by atoms with van der Waals surface area (Å²) in [6.45, 7) is 3.39. The number of aromatic nitrogens is 4. The topological polar surface area (TPSA) is 101 Å². The van der Waals surface area contributed by atoms with Gasteiger partial charge in [0.15, 0.2) is 5.65 Å². The van der Waals surface area contributed by atoms with E-state index in [1.165, 1.54) is 0 Å². The molecule has 2 aromatic heterocycles. The number of piperidine rings is 1. The second-order valence-corrected chi connectivity index (χ2v) is 7.20. The summed E-state index contributed by atoms with van der Waals surface area (Å²) >= 11 is 0. The Hall–Kier alpha value is -3.02. The lowest BCUT2D eigenvalue weighted by atomic mass is 10.1. The number of benzene rings is 1. The first-order chi connectivity index (χ1) is 14.3. The normalized spacial score (nSPS) is 14.8. The summed E-state index contributed by atoms with van der Waals surface area (Å²) in [4.78, 5) is 14.0. The van der Waals surface area contributed by atoms with E-state index in [2.05, 4.69) is 26.3 Å². The van der Waals surface area contributed by atoms with Crippen molar-refractivity contribution < 1.29 is 4.74 Å². The molecule has 0 bridgehead atoms. The number of imidazole rings is 1. The van der Waals surface area contributed by atoms with E-state index in [0.717, 1.165) is 61.4 Å². The molecular formula is C21H25N7O. The lowest BCUT2D eigenvalue weighted by molar-refractivity contribution is 0.191. The third-order valence-corrected chi connectivity index (χ3v) is 5.14. The van der Waals surface area contributed by atoms with Crippen LogP contribution in [0.5, 0.6) is 0 Å². The van der Waals surface area contributed by atoms with Crippen molar-refractivity contribution in [3.63, 3.8) is 0 Å².